The van der Waals surface area contributed by atoms with Gasteiger partial charge < -0.3 is 19.9 Å². The maximum Gasteiger partial charge on any atom is 0.293 e. The fraction of sp³-hybridized carbons (Fsp3) is 0.415. The minimum absolute atomic E-state index is 0.00685. The molecule has 1 saturated carbocycles. The van der Waals surface area contributed by atoms with Gasteiger partial charge in [-0.3, -0.25) is 18.9 Å². The monoisotopic (exact) mass is 903 g/mol. The second-order valence-electron chi connectivity index (χ2n) is 16.2. The molecule has 4 atom stereocenters. The Hall–Kier alpha value is -5.34. The molecule has 2 fully saturated rings. The summed E-state index contributed by atoms with van der Waals surface area (Å²) in [6, 6.07) is 10.5. The SMILES string of the molecule is COC1CCCN(c2ccc3c(c2)N=C([C@H](Cc2cc(F)cc(F)c2)NC(=O)Cn2nc(C(F)F)c4c2C(F)(F)[C@@H]2C[C@H]42)N(c2ccc(Cl)c4c(NS(C)(=O)=O)nn(C)c24)C3)C1. The summed E-state index contributed by atoms with van der Waals surface area (Å²) in [7, 11) is -0.591. The number of nitrogens with zero attached hydrogens (tertiary/aromatic N) is 7. The highest BCUT2D eigenvalue weighted by Gasteiger charge is 2.67. The largest absolute Gasteiger partial charge is 0.380 e. The summed E-state index contributed by atoms with van der Waals surface area (Å²) in [6.07, 6.45) is -0.656. The third kappa shape index (κ3) is 7.63. The van der Waals surface area contributed by atoms with Gasteiger partial charge in [-0.2, -0.15) is 19.0 Å². The lowest BCUT2D eigenvalue weighted by Gasteiger charge is -2.37. The second kappa shape index (κ2) is 15.5. The number of aliphatic imine (C=N–C) groups is 1. The van der Waals surface area contributed by atoms with Crippen LogP contribution < -0.4 is 19.8 Å². The molecule has 62 heavy (non-hydrogen) atoms. The molecule has 2 aliphatic carbocycles. The van der Waals surface area contributed by atoms with Gasteiger partial charge in [0.25, 0.3) is 12.3 Å². The Bertz CT molecular complexity index is 2760. The van der Waals surface area contributed by atoms with E-state index >= 15 is 8.78 Å². The predicted octanol–water partition coefficient (Wildman–Crippen LogP) is 7.31. The highest BCUT2D eigenvalue weighted by molar-refractivity contribution is 7.92. The van der Waals surface area contributed by atoms with Crippen LogP contribution in [0.2, 0.25) is 5.02 Å². The van der Waals surface area contributed by atoms with Crippen LogP contribution in [0.25, 0.3) is 10.9 Å². The number of sulfonamides is 1. The van der Waals surface area contributed by atoms with E-state index < -0.39 is 75.7 Å². The number of aryl methyl sites for hydroxylation is 1. The van der Waals surface area contributed by atoms with Crippen LogP contribution >= 0.6 is 11.6 Å². The number of benzene rings is 3. The number of piperidine rings is 1. The number of halogens is 7. The Morgan fingerprint density at radius 2 is 1.84 bits per heavy atom. The molecule has 5 aromatic rings. The van der Waals surface area contributed by atoms with Gasteiger partial charge in [-0.05, 0) is 72.7 Å². The first-order valence-electron chi connectivity index (χ1n) is 19.8. The molecule has 4 aliphatic rings. The molecule has 4 heterocycles. The number of hydrogen-bond donors (Lipinski definition) is 2. The molecule has 1 amide bonds. The maximum absolute atomic E-state index is 15.5. The summed E-state index contributed by atoms with van der Waals surface area (Å²) in [4.78, 5) is 23.2. The Morgan fingerprint density at radius 3 is 2.55 bits per heavy atom. The van der Waals surface area contributed by atoms with E-state index in [1.54, 1.807) is 25.1 Å². The summed E-state index contributed by atoms with van der Waals surface area (Å²) in [5.41, 5.74) is 1.16. The minimum Gasteiger partial charge on any atom is -0.380 e. The molecule has 0 bridgehead atoms. The maximum atomic E-state index is 15.5. The number of amidine groups is 1. The number of fused-ring (bicyclic) bond motifs is 5. The standard InChI is InChI=1S/C41H40ClF6N9O4S/c1-54-36-31(9-8-28(42)34(36)39(52-54)53-62(3,59)60)56-17-21-6-7-24(55-10-4-5-25(18-55)61-2)15-29(21)50-40(56)30(13-20-11-22(43)14-23(44)12-20)49-32(58)19-57-37-33(35(51-57)38(45)46)26-16-27(26)41(37,47)48/h6-9,11-12,14-15,25-27,30,38H,4-5,10,13,16-19H2,1-3H3,(H,49,58)(H,52,53)/t25?,26-,27+,30-/m0/s1. The fourth-order valence-electron chi connectivity index (χ4n) is 9.21. The average Bonchev–Trinajstić information content (AvgIpc) is 3.75. The van der Waals surface area contributed by atoms with Crippen molar-refractivity contribution in [3.05, 3.63) is 93.3 Å². The predicted molar refractivity (Wildman–Crippen MR) is 220 cm³/mol. The number of hydrogen-bond acceptors (Lipinski definition) is 9. The lowest BCUT2D eigenvalue weighted by Crippen LogP contribution is -2.51. The molecule has 328 valence electrons. The molecule has 2 N–H and O–H groups in total. The third-order valence-corrected chi connectivity index (χ3v) is 12.8. The lowest BCUT2D eigenvalue weighted by molar-refractivity contribution is -0.122. The minimum atomic E-state index is -3.83. The van der Waals surface area contributed by atoms with Gasteiger partial charge in [0.1, 0.15) is 35.4 Å². The summed E-state index contributed by atoms with van der Waals surface area (Å²) in [5.74, 6) is -8.07. The Balaban J connectivity index is 1.18. The molecule has 1 saturated heterocycles. The van der Waals surface area contributed by atoms with Gasteiger partial charge >= 0.3 is 0 Å². The zero-order valence-corrected chi connectivity index (χ0v) is 35.1. The number of carbonyl (C=O) groups excluding carboxylic acids is 1. The van der Waals surface area contributed by atoms with Crippen LogP contribution in [-0.2, 0) is 52.0 Å². The van der Waals surface area contributed by atoms with Gasteiger partial charge in [0, 0.05) is 56.9 Å². The van der Waals surface area contributed by atoms with Crippen LogP contribution in [0.4, 0.5) is 49.2 Å². The highest BCUT2D eigenvalue weighted by atomic mass is 35.5. The van der Waals surface area contributed by atoms with Crippen LogP contribution in [0, 0.1) is 17.6 Å². The van der Waals surface area contributed by atoms with E-state index in [9.17, 15) is 30.8 Å². The van der Waals surface area contributed by atoms with Gasteiger partial charge in [-0.15, -0.1) is 0 Å². The normalized spacial score (nSPS) is 20.8. The number of amides is 1. The van der Waals surface area contributed by atoms with Crippen molar-refractivity contribution in [3.8, 4) is 0 Å². The van der Waals surface area contributed by atoms with Crippen molar-refractivity contribution in [1.82, 2.24) is 24.9 Å². The van der Waals surface area contributed by atoms with Gasteiger partial charge in [0.05, 0.1) is 52.2 Å². The molecule has 13 nitrogen and oxygen atoms in total. The molecule has 2 aliphatic heterocycles. The van der Waals surface area contributed by atoms with Crippen molar-refractivity contribution < 1.29 is 44.3 Å². The van der Waals surface area contributed by atoms with E-state index in [1.807, 2.05) is 18.2 Å². The molecule has 9 rings (SSSR count). The number of aromatic nitrogens is 4. The van der Waals surface area contributed by atoms with Crippen molar-refractivity contribution >= 4 is 67.1 Å². The molecule has 21 heteroatoms. The van der Waals surface area contributed by atoms with Gasteiger partial charge in [0.15, 0.2) is 5.82 Å². The van der Waals surface area contributed by atoms with E-state index in [0.717, 1.165) is 49.0 Å². The number of anilines is 3. The highest BCUT2D eigenvalue weighted by Crippen LogP contribution is 2.68. The molecule has 1 unspecified atom stereocenters. The molecule has 3 aromatic carbocycles. The van der Waals surface area contributed by atoms with E-state index in [4.69, 9.17) is 21.3 Å². The van der Waals surface area contributed by atoms with E-state index in [2.05, 4.69) is 25.1 Å². The smallest absolute Gasteiger partial charge is 0.293 e. The van der Waals surface area contributed by atoms with Crippen molar-refractivity contribution in [2.75, 3.05) is 41.0 Å². The Labute approximate surface area is 356 Å². The number of carbonyl (C=O) groups is 1. The second-order valence-corrected chi connectivity index (χ2v) is 18.4. The van der Waals surface area contributed by atoms with Crippen LogP contribution in [0.15, 0.2) is 53.5 Å². The zero-order chi connectivity index (χ0) is 44.0. The van der Waals surface area contributed by atoms with Crippen molar-refractivity contribution in [1.29, 1.82) is 0 Å². The number of alkyl halides is 4. The van der Waals surface area contributed by atoms with Gasteiger partial charge in [0.2, 0.25) is 15.9 Å². The van der Waals surface area contributed by atoms with Crippen LogP contribution in [0.1, 0.15) is 59.7 Å². The van der Waals surface area contributed by atoms with Gasteiger partial charge in [-0.25, -0.2) is 31.0 Å². The van der Waals surface area contributed by atoms with Crippen LogP contribution in [0.3, 0.4) is 0 Å². The molecular weight excluding hydrogens is 864 g/mol. The third-order valence-electron chi connectivity index (χ3n) is 11.9. The number of nitrogens with one attached hydrogen (secondary N) is 2. The number of rotatable bonds is 12. The fourth-order valence-corrected chi connectivity index (χ4v) is 9.95. The molecular formula is C41H40ClF6N9O4S. The summed E-state index contributed by atoms with van der Waals surface area (Å²) in [6.45, 7) is 0.591. The summed E-state index contributed by atoms with van der Waals surface area (Å²) in [5, 5.41) is 11.4. The quantitative estimate of drug-likeness (QED) is 0.124. The van der Waals surface area contributed by atoms with Gasteiger partial charge in [-0.1, -0.05) is 17.7 Å². The molecule has 0 radical (unpaired) electrons. The van der Waals surface area contributed by atoms with E-state index in [0.29, 0.717) is 34.2 Å². The van der Waals surface area contributed by atoms with Crippen molar-refractivity contribution in [2.45, 2.75) is 69.2 Å². The van der Waals surface area contributed by atoms with Crippen molar-refractivity contribution in [2.24, 2.45) is 18.0 Å². The van der Waals surface area contributed by atoms with Crippen molar-refractivity contribution in [3.63, 3.8) is 0 Å². The molecule has 2 aromatic heterocycles. The summed E-state index contributed by atoms with van der Waals surface area (Å²) < 4.78 is 124. The van der Waals surface area contributed by atoms with Crippen LogP contribution in [0.5, 0.6) is 0 Å². The first-order valence-corrected chi connectivity index (χ1v) is 22.1. The zero-order valence-electron chi connectivity index (χ0n) is 33.5. The topological polar surface area (TPSA) is 139 Å². The average molecular weight is 904 g/mol. The lowest BCUT2D eigenvalue weighted by atomic mass is 9.99. The summed E-state index contributed by atoms with van der Waals surface area (Å²) >= 11 is 6.70. The number of ether oxygens (including phenoxy) is 1. The first-order chi connectivity index (χ1) is 29.4. The molecule has 0 spiro atoms. The van der Waals surface area contributed by atoms with E-state index in [1.165, 1.54) is 10.7 Å². The number of methoxy groups -OCH3 is 1. The van der Waals surface area contributed by atoms with E-state index in [-0.39, 0.29) is 58.7 Å². The Kier molecular flexibility index (Phi) is 10.5. The Morgan fingerprint density at radius 1 is 1.08 bits per heavy atom. The van der Waals surface area contributed by atoms with Crippen LogP contribution in [-0.4, -0.2) is 78.3 Å². The first kappa shape index (κ1) is 42.0.